The summed E-state index contributed by atoms with van der Waals surface area (Å²) in [6, 6.07) is 11.9. The van der Waals surface area contributed by atoms with Crippen molar-refractivity contribution in [2.45, 2.75) is 13.3 Å². The van der Waals surface area contributed by atoms with Crippen LogP contribution in [0, 0.1) is 6.92 Å². The van der Waals surface area contributed by atoms with E-state index in [4.69, 9.17) is 5.73 Å². The molecule has 0 unspecified atom stereocenters. The molecule has 0 fully saturated rings. The molecule has 0 aliphatic rings. The molecule has 0 spiro atoms. The van der Waals surface area contributed by atoms with Gasteiger partial charge in [0.2, 0.25) is 0 Å². The summed E-state index contributed by atoms with van der Waals surface area (Å²) in [6.45, 7) is 1.95. The second-order valence-electron chi connectivity index (χ2n) is 5.57. The van der Waals surface area contributed by atoms with Crippen LogP contribution in [0.1, 0.15) is 16.1 Å². The van der Waals surface area contributed by atoms with Gasteiger partial charge in [-0.05, 0) is 36.8 Å². The molecule has 0 radical (unpaired) electrons. The third-order valence-electron chi connectivity index (χ3n) is 3.69. The van der Waals surface area contributed by atoms with Gasteiger partial charge in [0.1, 0.15) is 16.3 Å². The predicted octanol–water partition coefficient (Wildman–Crippen LogP) is 3.63. The lowest BCUT2D eigenvalue weighted by Gasteiger charge is -2.02. The van der Waals surface area contributed by atoms with Crippen molar-refractivity contribution in [3.8, 4) is 11.5 Å². The van der Waals surface area contributed by atoms with Gasteiger partial charge in [0, 0.05) is 29.4 Å². The van der Waals surface area contributed by atoms with E-state index in [-0.39, 0.29) is 0 Å². The van der Waals surface area contributed by atoms with Gasteiger partial charge in [-0.1, -0.05) is 12.1 Å². The number of nitrogen functional groups attached to an aromatic ring is 1. The molecule has 2 N–H and O–H groups in total. The van der Waals surface area contributed by atoms with Crippen molar-refractivity contribution in [3.05, 3.63) is 64.9 Å². The predicted molar refractivity (Wildman–Crippen MR) is 96.8 cm³/mol. The highest BCUT2D eigenvalue weighted by Gasteiger charge is 2.12. The van der Waals surface area contributed by atoms with Crippen LogP contribution in [-0.4, -0.2) is 19.9 Å². The van der Waals surface area contributed by atoms with Crippen molar-refractivity contribution in [2.75, 3.05) is 5.73 Å². The van der Waals surface area contributed by atoms with E-state index in [1.54, 1.807) is 17.5 Å². The Morgan fingerprint density at radius 3 is 2.79 bits per heavy atom. The first-order chi connectivity index (χ1) is 11.7. The van der Waals surface area contributed by atoms with E-state index in [0.29, 0.717) is 11.6 Å². The molecule has 0 aromatic carbocycles. The number of fused-ring (bicyclic) bond motifs is 1. The Morgan fingerprint density at radius 1 is 1.08 bits per heavy atom. The lowest BCUT2D eigenvalue weighted by atomic mass is 10.2. The van der Waals surface area contributed by atoms with Crippen LogP contribution >= 0.6 is 11.3 Å². The molecule has 0 atom stereocenters. The Labute approximate surface area is 143 Å². The van der Waals surface area contributed by atoms with Crippen LogP contribution in [0.4, 0.5) is 5.82 Å². The fraction of sp³-hybridized carbons (Fsp3) is 0.111. The van der Waals surface area contributed by atoms with Crippen LogP contribution in [0.3, 0.4) is 0 Å². The molecule has 5 nitrogen and oxygen atoms in total. The summed E-state index contributed by atoms with van der Waals surface area (Å²) in [5, 5.41) is 0.898. The van der Waals surface area contributed by atoms with Gasteiger partial charge in [-0.15, -0.1) is 11.3 Å². The van der Waals surface area contributed by atoms with Crippen molar-refractivity contribution in [1.82, 2.24) is 19.9 Å². The summed E-state index contributed by atoms with van der Waals surface area (Å²) < 4.78 is 0. The van der Waals surface area contributed by atoms with Gasteiger partial charge in [-0.3, -0.25) is 4.98 Å². The van der Waals surface area contributed by atoms with Crippen molar-refractivity contribution >= 4 is 27.4 Å². The molecule has 0 saturated heterocycles. The quantitative estimate of drug-likeness (QED) is 0.619. The van der Waals surface area contributed by atoms with E-state index in [2.05, 4.69) is 32.1 Å². The number of pyridine rings is 2. The van der Waals surface area contributed by atoms with Gasteiger partial charge in [0.15, 0.2) is 5.82 Å². The number of thiophene rings is 1. The molecular formula is C18H15N5S. The molecule has 0 saturated carbocycles. The number of aryl methyl sites for hydroxylation is 1. The van der Waals surface area contributed by atoms with Crippen molar-refractivity contribution < 1.29 is 0 Å². The zero-order valence-corrected chi connectivity index (χ0v) is 13.9. The van der Waals surface area contributed by atoms with Crippen LogP contribution in [0.2, 0.25) is 0 Å². The Kier molecular flexibility index (Phi) is 3.66. The molecule has 0 amide bonds. The third kappa shape index (κ3) is 2.83. The molecule has 0 aliphatic heterocycles. The van der Waals surface area contributed by atoms with Crippen molar-refractivity contribution in [3.63, 3.8) is 0 Å². The third-order valence-corrected chi connectivity index (χ3v) is 4.72. The highest BCUT2D eigenvalue weighted by atomic mass is 32.1. The summed E-state index contributed by atoms with van der Waals surface area (Å²) in [5.41, 5.74) is 8.99. The molecular weight excluding hydrogens is 318 g/mol. The molecule has 0 aliphatic carbocycles. The smallest absolute Gasteiger partial charge is 0.181 e. The maximum Gasteiger partial charge on any atom is 0.181 e. The number of nitrogens with two attached hydrogens (primary N) is 1. The summed E-state index contributed by atoms with van der Waals surface area (Å²) in [7, 11) is 0. The minimum absolute atomic E-state index is 0.493. The summed E-state index contributed by atoms with van der Waals surface area (Å²) >= 11 is 1.63. The van der Waals surface area contributed by atoms with E-state index in [1.165, 1.54) is 4.88 Å². The van der Waals surface area contributed by atoms with Crippen LogP contribution in [0.5, 0.6) is 0 Å². The zero-order chi connectivity index (χ0) is 16.5. The topological polar surface area (TPSA) is 77.6 Å². The molecule has 4 rings (SSSR count). The monoisotopic (exact) mass is 333 g/mol. The SMILES string of the molecule is Cc1cccc(-c2nc(N)c3cc(Cc4cccnc4)sc3n2)n1. The van der Waals surface area contributed by atoms with Crippen molar-refractivity contribution in [2.24, 2.45) is 0 Å². The number of anilines is 1. The molecule has 4 aromatic rings. The lowest BCUT2D eigenvalue weighted by molar-refractivity contribution is 1.14. The minimum atomic E-state index is 0.493. The largest absolute Gasteiger partial charge is 0.383 e. The number of hydrogen-bond donors (Lipinski definition) is 1. The van der Waals surface area contributed by atoms with E-state index >= 15 is 0 Å². The van der Waals surface area contributed by atoms with Crippen LogP contribution in [0.15, 0.2) is 48.8 Å². The second kappa shape index (κ2) is 5.98. The van der Waals surface area contributed by atoms with Gasteiger partial charge in [0.25, 0.3) is 0 Å². The fourth-order valence-corrected chi connectivity index (χ4v) is 3.64. The van der Waals surface area contributed by atoms with Crippen LogP contribution < -0.4 is 5.73 Å². The van der Waals surface area contributed by atoms with Crippen LogP contribution in [0.25, 0.3) is 21.7 Å². The molecule has 4 heterocycles. The lowest BCUT2D eigenvalue weighted by Crippen LogP contribution is -1.97. The average molecular weight is 333 g/mol. The zero-order valence-electron chi connectivity index (χ0n) is 13.1. The van der Waals surface area contributed by atoms with E-state index < -0.39 is 0 Å². The van der Waals surface area contributed by atoms with Gasteiger partial charge in [-0.2, -0.15) is 0 Å². The average Bonchev–Trinajstić information content (AvgIpc) is 2.99. The Balaban J connectivity index is 1.75. The van der Waals surface area contributed by atoms with Crippen LogP contribution in [-0.2, 0) is 6.42 Å². The standard InChI is InChI=1S/C18H15N5S/c1-11-4-2-6-15(21-11)17-22-16(19)14-9-13(24-18(14)23-17)8-12-5-3-7-20-10-12/h2-7,9-10H,8H2,1H3,(H2,19,22,23). The number of aromatic nitrogens is 4. The maximum atomic E-state index is 6.15. The fourth-order valence-electron chi connectivity index (χ4n) is 2.57. The van der Waals surface area contributed by atoms with Gasteiger partial charge in [0.05, 0.1) is 5.39 Å². The van der Waals surface area contributed by atoms with Crippen molar-refractivity contribution in [1.29, 1.82) is 0 Å². The number of rotatable bonds is 3. The number of nitrogens with zero attached hydrogens (tertiary/aromatic N) is 4. The van der Waals surface area contributed by atoms with E-state index in [0.717, 1.165) is 33.6 Å². The highest BCUT2D eigenvalue weighted by molar-refractivity contribution is 7.18. The number of hydrogen-bond acceptors (Lipinski definition) is 6. The normalized spacial score (nSPS) is 11.0. The minimum Gasteiger partial charge on any atom is -0.383 e. The van der Waals surface area contributed by atoms with Gasteiger partial charge < -0.3 is 5.73 Å². The Hall–Kier alpha value is -2.86. The summed E-state index contributed by atoms with van der Waals surface area (Å²) in [4.78, 5) is 19.8. The van der Waals surface area contributed by atoms with E-state index in [9.17, 15) is 0 Å². The highest BCUT2D eigenvalue weighted by Crippen LogP contribution is 2.30. The second-order valence-corrected chi connectivity index (χ2v) is 6.68. The first kappa shape index (κ1) is 14.7. The molecule has 4 aromatic heterocycles. The first-order valence-electron chi connectivity index (χ1n) is 7.58. The van der Waals surface area contributed by atoms with E-state index in [1.807, 2.05) is 37.4 Å². The Morgan fingerprint density at radius 2 is 2.00 bits per heavy atom. The summed E-state index contributed by atoms with van der Waals surface area (Å²) in [6.07, 6.45) is 4.47. The molecule has 24 heavy (non-hydrogen) atoms. The molecule has 118 valence electrons. The molecule has 6 heteroatoms. The Bertz CT molecular complexity index is 1010. The van der Waals surface area contributed by atoms with Gasteiger partial charge >= 0.3 is 0 Å². The first-order valence-corrected chi connectivity index (χ1v) is 8.39. The molecule has 0 bridgehead atoms. The van der Waals surface area contributed by atoms with Gasteiger partial charge in [-0.25, -0.2) is 15.0 Å². The summed E-state index contributed by atoms with van der Waals surface area (Å²) in [5.74, 6) is 1.06. The maximum absolute atomic E-state index is 6.15.